The molecule has 0 aliphatic rings. The number of alkyl halides is 1. The molecule has 1 aromatic heterocycles. The van der Waals surface area contributed by atoms with Crippen LogP contribution in [0.2, 0.25) is 5.02 Å². The third-order valence-electron chi connectivity index (χ3n) is 3.21. The molecule has 0 saturated carbocycles. The Balaban J connectivity index is 2.36. The lowest BCUT2D eigenvalue weighted by atomic mass is 10.2. The summed E-state index contributed by atoms with van der Waals surface area (Å²) in [7, 11) is 0. The molecule has 0 bridgehead atoms. The average Bonchev–Trinajstić information content (AvgIpc) is 2.76. The maximum absolute atomic E-state index is 13.3. The second-order valence-corrected chi connectivity index (χ2v) is 5.26. The maximum atomic E-state index is 13.3. The highest BCUT2D eigenvalue weighted by molar-refractivity contribution is 6.31. The molecule has 0 atom stereocenters. The average molecular weight is 309 g/mol. The summed E-state index contributed by atoms with van der Waals surface area (Å²) in [4.78, 5) is 4.49. The maximum Gasteiger partial charge on any atom is 0.129 e. The first-order valence-electron chi connectivity index (χ1n) is 6.09. The van der Waals surface area contributed by atoms with E-state index in [1.54, 1.807) is 12.1 Å². The first-order valence-corrected chi connectivity index (χ1v) is 7.01. The Morgan fingerprint density at radius 1 is 1.20 bits per heavy atom. The van der Waals surface area contributed by atoms with Gasteiger partial charge in [-0.05, 0) is 48.9 Å². The van der Waals surface area contributed by atoms with Crippen LogP contribution < -0.4 is 0 Å². The van der Waals surface area contributed by atoms with Crippen LogP contribution in [0.15, 0.2) is 36.4 Å². The summed E-state index contributed by atoms with van der Waals surface area (Å²) in [5.41, 5.74) is 3.35. The molecule has 2 nitrogen and oxygen atoms in total. The molecule has 0 radical (unpaired) electrons. The van der Waals surface area contributed by atoms with E-state index in [-0.39, 0.29) is 11.7 Å². The Labute approximate surface area is 125 Å². The van der Waals surface area contributed by atoms with E-state index in [9.17, 15) is 4.39 Å². The second-order valence-electron chi connectivity index (χ2n) is 4.56. The Bertz CT molecular complexity index is 796. The van der Waals surface area contributed by atoms with E-state index in [0.717, 1.165) is 22.3 Å². The summed E-state index contributed by atoms with van der Waals surface area (Å²) in [6.45, 7) is 1.85. The van der Waals surface area contributed by atoms with Gasteiger partial charge in [0.2, 0.25) is 0 Å². The van der Waals surface area contributed by atoms with E-state index >= 15 is 0 Å². The van der Waals surface area contributed by atoms with Crippen molar-refractivity contribution in [1.82, 2.24) is 9.55 Å². The zero-order chi connectivity index (χ0) is 14.3. The lowest BCUT2D eigenvalue weighted by Gasteiger charge is -2.11. The second kappa shape index (κ2) is 5.08. The Morgan fingerprint density at radius 3 is 2.70 bits per heavy atom. The summed E-state index contributed by atoms with van der Waals surface area (Å²) < 4.78 is 15.2. The topological polar surface area (TPSA) is 17.8 Å². The van der Waals surface area contributed by atoms with Gasteiger partial charge in [-0.25, -0.2) is 9.37 Å². The van der Waals surface area contributed by atoms with E-state index in [1.807, 2.05) is 23.6 Å². The van der Waals surface area contributed by atoms with Crippen molar-refractivity contribution >= 4 is 34.2 Å². The molecule has 3 aromatic rings. The Morgan fingerprint density at radius 2 is 2.00 bits per heavy atom. The summed E-state index contributed by atoms with van der Waals surface area (Å²) in [5.74, 6) is 0.711. The predicted octanol–water partition coefficient (Wildman–Crippen LogP) is 4.87. The molecule has 0 amide bonds. The minimum Gasteiger partial charge on any atom is -0.295 e. The van der Waals surface area contributed by atoms with Crippen LogP contribution in [0.4, 0.5) is 4.39 Å². The van der Waals surface area contributed by atoms with Crippen LogP contribution >= 0.6 is 23.2 Å². The monoisotopic (exact) mass is 308 g/mol. The van der Waals surface area contributed by atoms with Gasteiger partial charge in [-0.3, -0.25) is 4.57 Å². The first kappa shape index (κ1) is 13.4. The zero-order valence-electron chi connectivity index (χ0n) is 10.7. The van der Waals surface area contributed by atoms with Crippen LogP contribution in [0.5, 0.6) is 0 Å². The largest absolute Gasteiger partial charge is 0.295 e. The molecule has 5 heteroatoms. The SMILES string of the molecule is Cc1cc(F)ccc1-n1c(CCl)nc2ccc(Cl)cc21. The van der Waals surface area contributed by atoms with Gasteiger partial charge in [0.25, 0.3) is 0 Å². The highest BCUT2D eigenvalue weighted by atomic mass is 35.5. The van der Waals surface area contributed by atoms with Crippen LogP contribution in [0.1, 0.15) is 11.4 Å². The fraction of sp³-hybridized carbons (Fsp3) is 0.133. The smallest absolute Gasteiger partial charge is 0.129 e. The van der Waals surface area contributed by atoms with Crippen molar-refractivity contribution < 1.29 is 4.39 Å². The van der Waals surface area contributed by atoms with Gasteiger partial charge in [-0.15, -0.1) is 11.6 Å². The van der Waals surface area contributed by atoms with Crippen LogP contribution in [0.3, 0.4) is 0 Å². The number of aromatic nitrogens is 2. The zero-order valence-corrected chi connectivity index (χ0v) is 12.2. The molecular weight excluding hydrogens is 298 g/mol. The third-order valence-corrected chi connectivity index (χ3v) is 3.68. The number of nitrogens with zero attached hydrogens (tertiary/aromatic N) is 2. The molecule has 2 aromatic carbocycles. The third kappa shape index (κ3) is 2.17. The van der Waals surface area contributed by atoms with Gasteiger partial charge in [0.1, 0.15) is 11.6 Å². The number of rotatable bonds is 2. The summed E-state index contributed by atoms with van der Waals surface area (Å²) in [5, 5.41) is 0.625. The lowest BCUT2D eigenvalue weighted by molar-refractivity contribution is 0.626. The fourth-order valence-electron chi connectivity index (χ4n) is 2.33. The molecule has 0 unspecified atom stereocenters. The molecule has 20 heavy (non-hydrogen) atoms. The molecule has 3 rings (SSSR count). The minimum atomic E-state index is -0.263. The van der Waals surface area contributed by atoms with Crippen molar-refractivity contribution in [1.29, 1.82) is 0 Å². The molecule has 102 valence electrons. The number of imidazole rings is 1. The molecule has 0 aliphatic heterocycles. The van der Waals surface area contributed by atoms with Gasteiger partial charge >= 0.3 is 0 Å². The quantitative estimate of drug-likeness (QED) is 0.618. The summed E-state index contributed by atoms with van der Waals surface area (Å²) >= 11 is 12.0. The van der Waals surface area contributed by atoms with Gasteiger partial charge in [0, 0.05) is 5.02 Å². The van der Waals surface area contributed by atoms with E-state index in [2.05, 4.69) is 4.98 Å². The number of hydrogen-bond acceptors (Lipinski definition) is 1. The van der Waals surface area contributed by atoms with Crippen molar-refractivity contribution in [2.24, 2.45) is 0 Å². The number of aryl methyl sites for hydroxylation is 1. The molecule has 0 fully saturated rings. The van der Waals surface area contributed by atoms with E-state index in [0.29, 0.717) is 10.8 Å². The molecule has 0 saturated heterocycles. The van der Waals surface area contributed by atoms with Gasteiger partial charge in [-0.1, -0.05) is 11.6 Å². The summed E-state index contributed by atoms with van der Waals surface area (Å²) in [6, 6.07) is 10.1. The number of halogens is 3. The van der Waals surface area contributed by atoms with Crippen LogP contribution in [-0.4, -0.2) is 9.55 Å². The Hall–Kier alpha value is -1.58. The molecule has 0 N–H and O–H groups in total. The standard InChI is InChI=1S/C15H11Cl2FN2/c1-9-6-11(18)3-5-13(9)20-14-7-10(17)2-4-12(14)19-15(20)8-16/h2-7H,8H2,1H3. The van der Waals surface area contributed by atoms with Gasteiger partial charge in [0.15, 0.2) is 0 Å². The first-order chi connectivity index (χ1) is 9.60. The molecular formula is C15H11Cl2FN2. The summed E-state index contributed by atoms with van der Waals surface area (Å²) in [6.07, 6.45) is 0. The highest BCUT2D eigenvalue weighted by Gasteiger charge is 2.14. The van der Waals surface area contributed by atoms with Crippen molar-refractivity contribution in [3.05, 3.63) is 58.6 Å². The van der Waals surface area contributed by atoms with Crippen LogP contribution in [0, 0.1) is 12.7 Å². The van der Waals surface area contributed by atoms with Crippen molar-refractivity contribution in [2.75, 3.05) is 0 Å². The number of hydrogen-bond donors (Lipinski definition) is 0. The normalized spacial score (nSPS) is 11.2. The van der Waals surface area contributed by atoms with Crippen molar-refractivity contribution in [3.8, 4) is 5.69 Å². The molecule has 0 spiro atoms. The van der Waals surface area contributed by atoms with Crippen LogP contribution in [-0.2, 0) is 5.88 Å². The molecule has 1 heterocycles. The minimum absolute atomic E-state index is 0.263. The molecule has 0 aliphatic carbocycles. The van der Waals surface area contributed by atoms with Crippen LogP contribution in [0.25, 0.3) is 16.7 Å². The highest BCUT2D eigenvalue weighted by Crippen LogP contribution is 2.27. The van der Waals surface area contributed by atoms with Crippen molar-refractivity contribution in [2.45, 2.75) is 12.8 Å². The van der Waals surface area contributed by atoms with Gasteiger partial charge in [0.05, 0.1) is 22.6 Å². The lowest BCUT2D eigenvalue weighted by Crippen LogP contribution is -2.02. The van der Waals surface area contributed by atoms with E-state index < -0.39 is 0 Å². The van der Waals surface area contributed by atoms with Gasteiger partial charge in [-0.2, -0.15) is 0 Å². The van der Waals surface area contributed by atoms with E-state index in [1.165, 1.54) is 12.1 Å². The Kier molecular flexibility index (Phi) is 3.40. The van der Waals surface area contributed by atoms with Crippen molar-refractivity contribution in [3.63, 3.8) is 0 Å². The predicted molar refractivity (Wildman–Crippen MR) is 80.3 cm³/mol. The van der Waals surface area contributed by atoms with E-state index in [4.69, 9.17) is 23.2 Å². The van der Waals surface area contributed by atoms with Gasteiger partial charge < -0.3 is 0 Å². The fourth-order valence-corrected chi connectivity index (χ4v) is 2.67. The number of fused-ring (bicyclic) bond motifs is 1. The number of benzene rings is 2.